The van der Waals surface area contributed by atoms with Crippen LogP contribution >= 0.6 is 11.6 Å². The second-order valence-corrected chi connectivity index (χ2v) is 9.60. The van der Waals surface area contributed by atoms with E-state index in [1.807, 2.05) is 0 Å². The van der Waals surface area contributed by atoms with Gasteiger partial charge in [0.05, 0.1) is 30.5 Å². The molecule has 2 aliphatic heterocycles. The average Bonchev–Trinajstić information content (AvgIpc) is 2.76. The first-order valence-corrected chi connectivity index (χ1v) is 11.6. The quantitative estimate of drug-likeness (QED) is 0.457. The molecule has 2 N–H and O–H groups in total. The van der Waals surface area contributed by atoms with Crippen molar-refractivity contribution in [1.82, 2.24) is 9.21 Å². The van der Waals surface area contributed by atoms with Crippen LogP contribution < -0.4 is 20.9 Å². The van der Waals surface area contributed by atoms with Gasteiger partial charge in [0, 0.05) is 32.2 Å². The minimum atomic E-state index is -4.14. The standard InChI is InChI=1S/C19H22ClN3O7S/c1-2-30-18-14(16(25)17(18)26)21-13-4-3-12(20)19(15(13)24)31(27,28)23-6-5-22-7-8-29-10-11(22)9-23/h3-4,11,21,24H,2,5-10H2,1H3/t11-/m1/s1. The van der Waals surface area contributed by atoms with Gasteiger partial charge in [0.2, 0.25) is 10.0 Å². The monoisotopic (exact) mass is 471 g/mol. The van der Waals surface area contributed by atoms with E-state index in [2.05, 4.69) is 10.2 Å². The van der Waals surface area contributed by atoms with Gasteiger partial charge in [0.15, 0.2) is 11.5 Å². The lowest BCUT2D eigenvalue weighted by Crippen LogP contribution is -2.59. The first kappa shape index (κ1) is 22.0. The van der Waals surface area contributed by atoms with Crippen molar-refractivity contribution in [2.75, 3.05) is 51.3 Å². The fourth-order valence-corrected chi connectivity index (χ4v) is 5.92. The van der Waals surface area contributed by atoms with Crippen molar-refractivity contribution in [1.29, 1.82) is 0 Å². The lowest BCUT2D eigenvalue weighted by molar-refractivity contribution is -0.0304. The van der Waals surface area contributed by atoms with Crippen LogP contribution in [0.5, 0.6) is 11.5 Å². The predicted octanol–water partition coefficient (Wildman–Crippen LogP) is 0.489. The number of morpholine rings is 1. The number of sulfonamides is 1. The third kappa shape index (κ3) is 3.80. The molecule has 0 aromatic heterocycles. The van der Waals surface area contributed by atoms with E-state index >= 15 is 0 Å². The van der Waals surface area contributed by atoms with E-state index in [-0.39, 0.29) is 47.9 Å². The molecule has 2 aliphatic rings. The Morgan fingerprint density at radius 2 is 2.03 bits per heavy atom. The number of nitrogens with one attached hydrogen (secondary N) is 1. The van der Waals surface area contributed by atoms with Gasteiger partial charge in [-0.3, -0.25) is 14.5 Å². The van der Waals surface area contributed by atoms with Crippen molar-refractivity contribution in [2.24, 2.45) is 0 Å². The van der Waals surface area contributed by atoms with Crippen molar-refractivity contribution < 1.29 is 23.0 Å². The Morgan fingerprint density at radius 1 is 1.26 bits per heavy atom. The number of anilines is 2. The van der Waals surface area contributed by atoms with E-state index in [1.165, 1.54) is 16.4 Å². The Morgan fingerprint density at radius 3 is 2.77 bits per heavy atom. The minimum absolute atomic E-state index is 0.0722. The van der Waals surface area contributed by atoms with Crippen LogP contribution in [0.4, 0.5) is 11.4 Å². The molecule has 168 valence electrons. The first-order chi connectivity index (χ1) is 14.8. The highest BCUT2D eigenvalue weighted by molar-refractivity contribution is 7.89. The molecule has 0 unspecified atom stereocenters. The summed E-state index contributed by atoms with van der Waals surface area (Å²) in [5.74, 6) is -0.787. The molecule has 0 radical (unpaired) electrons. The molecule has 2 aromatic rings. The van der Waals surface area contributed by atoms with E-state index < -0.39 is 31.5 Å². The minimum Gasteiger partial charge on any atom is -0.504 e. The van der Waals surface area contributed by atoms with E-state index in [9.17, 15) is 23.1 Å². The summed E-state index contributed by atoms with van der Waals surface area (Å²) in [5, 5.41) is 13.2. The van der Waals surface area contributed by atoms with Crippen LogP contribution in [0.2, 0.25) is 5.02 Å². The van der Waals surface area contributed by atoms with E-state index in [0.29, 0.717) is 19.8 Å². The lowest BCUT2D eigenvalue weighted by atomic mass is 10.2. The predicted molar refractivity (Wildman–Crippen MR) is 114 cm³/mol. The second kappa shape index (κ2) is 8.40. The third-order valence-electron chi connectivity index (χ3n) is 5.50. The molecular weight excluding hydrogens is 450 g/mol. The summed E-state index contributed by atoms with van der Waals surface area (Å²) in [6, 6.07) is 2.57. The van der Waals surface area contributed by atoms with Gasteiger partial charge < -0.3 is 19.9 Å². The van der Waals surface area contributed by atoms with Gasteiger partial charge in [0.1, 0.15) is 10.6 Å². The number of hydrogen-bond donors (Lipinski definition) is 2. The summed E-state index contributed by atoms with van der Waals surface area (Å²) in [7, 11) is -4.14. The van der Waals surface area contributed by atoms with Gasteiger partial charge >= 0.3 is 0 Å². The molecule has 0 saturated carbocycles. The number of phenols is 1. The van der Waals surface area contributed by atoms with Crippen LogP contribution in [0, 0.1) is 0 Å². The van der Waals surface area contributed by atoms with Gasteiger partial charge in [0.25, 0.3) is 10.9 Å². The Hall–Kier alpha value is -2.18. The average molecular weight is 472 g/mol. The molecular formula is C19H22ClN3O7S. The van der Waals surface area contributed by atoms with Crippen LogP contribution in [0.1, 0.15) is 6.92 Å². The Kier molecular flexibility index (Phi) is 5.97. The number of aromatic hydroxyl groups is 1. The van der Waals surface area contributed by atoms with Gasteiger partial charge in [-0.05, 0) is 19.1 Å². The second-order valence-electron chi connectivity index (χ2n) is 7.32. The maximum atomic E-state index is 13.3. The SMILES string of the molecule is CCOc1c(Nc2ccc(Cl)c(S(=O)(=O)N3CCN4CCOC[C@H]4C3)c2O)c(=O)c1=O. The van der Waals surface area contributed by atoms with Gasteiger partial charge in [-0.25, -0.2) is 8.42 Å². The molecule has 31 heavy (non-hydrogen) atoms. The van der Waals surface area contributed by atoms with Crippen molar-refractivity contribution in [2.45, 2.75) is 17.9 Å². The number of rotatable bonds is 6. The molecule has 1 atom stereocenters. The third-order valence-corrected chi connectivity index (χ3v) is 7.86. The number of phenolic OH excluding ortho intramolecular Hbond substituents is 1. The number of benzene rings is 1. The molecule has 2 heterocycles. The summed E-state index contributed by atoms with van der Waals surface area (Å²) in [4.78, 5) is 25.3. The summed E-state index contributed by atoms with van der Waals surface area (Å²) in [6.45, 7) is 4.62. The molecule has 2 saturated heterocycles. The number of fused-ring (bicyclic) bond motifs is 1. The topological polar surface area (TPSA) is 125 Å². The van der Waals surface area contributed by atoms with Gasteiger partial charge in [-0.1, -0.05) is 11.6 Å². The molecule has 0 aliphatic carbocycles. The molecule has 2 fully saturated rings. The highest BCUT2D eigenvalue weighted by Crippen LogP contribution is 2.40. The molecule has 2 aromatic carbocycles. The van der Waals surface area contributed by atoms with Crippen molar-refractivity contribution in [3.63, 3.8) is 0 Å². The van der Waals surface area contributed by atoms with Crippen LogP contribution in [0.25, 0.3) is 0 Å². The molecule has 0 amide bonds. The fourth-order valence-electron chi connectivity index (χ4n) is 3.86. The zero-order valence-electron chi connectivity index (χ0n) is 16.8. The van der Waals surface area contributed by atoms with Gasteiger partial charge in [-0.2, -0.15) is 4.31 Å². The van der Waals surface area contributed by atoms with E-state index in [1.54, 1.807) is 6.92 Å². The number of nitrogens with zero attached hydrogens (tertiary/aromatic N) is 2. The van der Waals surface area contributed by atoms with E-state index in [4.69, 9.17) is 21.1 Å². The van der Waals surface area contributed by atoms with E-state index in [0.717, 1.165) is 6.54 Å². The maximum absolute atomic E-state index is 13.3. The Balaban J connectivity index is 1.65. The van der Waals surface area contributed by atoms with Crippen molar-refractivity contribution in [3.05, 3.63) is 37.6 Å². The summed E-state index contributed by atoms with van der Waals surface area (Å²) < 4.78 is 38.6. The Bertz CT molecular complexity index is 1180. The van der Waals surface area contributed by atoms with Crippen molar-refractivity contribution in [3.8, 4) is 11.5 Å². The zero-order chi connectivity index (χ0) is 22.3. The lowest BCUT2D eigenvalue weighted by Gasteiger charge is -2.43. The van der Waals surface area contributed by atoms with Crippen LogP contribution in [-0.2, 0) is 14.8 Å². The molecule has 4 rings (SSSR count). The van der Waals surface area contributed by atoms with Crippen LogP contribution in [0.15, 0.2) is 26.6 Å². The van der Waals surface area contributed by atoms with Crippen LogP contribution in [0.3, 0.4) is 0 Å². The molecule has 0 bridgehead atoms. The number of piperazine rings is 1. The van der Waals surface area contributed by atoms with Crippen LogP contribution in [-0.4, -0.2) is 74.8 Å². The highest BCUT2D eigenvalue weighted by Gasteiger charge is 2.38. The number of ether oxygens (including phenoxy) is 2. The summed E-state index contributed by atoms with van der Waals surface area (Å²) >= 11 is 6.17. The highest BCUT2D eigenvalue weighted by atomic mass is 35.5. The van der Waals surface area contributed by atoms with Gasteiger partial charge in [-0.15, -0.1) is 0 Å². The molecule has 10 nitrogen and oxygen atoms in total. The molecule has 12 heteroatoms. The zero-order valence-corrected chi connectivity index (χ0v) is 18.3. The van der Waals surface area contributed by atoms with Crippen molar-refractivity contribution >= 4 is 33.0 Å². The molecule has 0 spiro atoms. The maximum Gasteiger partial charge on any atom is 0.272 e. The summed E-state index contributed by atoms with van der Waals surface area (Å²) in [6.07, 6.45) is 0. The first-order valence-electron chi connectivity index (χ1n) is 9.82. The Labute approximate surface area is 183 Å². The smallest absolute Gasteiger partial charge is 0.272 e. The normalized spacial score (nSPS) is 20.5. The largest absolute Gasteiger partial charge is 0.504 e. The fraction of sp³-hybridized carbons (Fsp3) is 0.474. The number of halogens is 1. The summed E-state index contributed by atoms with van der Waals surface area (Å²) in [5.41, 5.74) is -1.80. The number of hydrogen-bond acceptors (Lipinski definition) is 9.